The van der Waals surface area contributed by atoms with Gasteiger partial charge in [0.1, 0.15) is 5.76 Å². The number of amides is 2. The van der Waals surface area contributed by atoms with Crippen molar-refractivity contribution in [2.24, 2.45) is 0 Å². The van der Waals surface area contributed by atoms with Crippen LogP contribution in [0.2, 0.25) is 0 Å². The first kappa shape index (κ1) is 12.5. The number of hydroxylamine groups is 1. The molecule has 2 amide bonds. The summed E-state index contributed by atoms with van der Waals surface area (Å²) in [7, 11) is 1.39. The van der Waals surface area contributed by atoms with Gasteiger partial charge in [0.2, 0.25) is 0 Å². The molecule has 90 valence electrons. The number of rotatable bonds is 4. The van der Waals surface area contributed by atoms with Gasteiger partial charge in [-0.2, -0.15) is 0 Å². The van der Waals surface area contributed by atoms with Crippen molar-refractivity contribution in [3.8, 4) is 0 Å². The molecule has 0 spiro atoms. The van der Waals surface area contributed by atoms with E-state index in [2.05, 4.69) is 20.8 Å². The van der Waals surface area contributed by atoms with Gasteiger partial charge in [-0.25, -0.2) is 10.3 Å². The van der Waals surface area contributed by atoms with Crippen LogP contribution in [0.5, 0.6) is 0 Å². The summed E-state index contributed by atoms with van der Waals surface area (Å²) >= 11 is 0. The standard InChI is InChI=1S/C10H17N3O3/c1-6(11-10(14)13-15-4)5-9-7(2)12-16-8(9)3/h6H,5H2,1-4H3,(H2,11,13,14)/t6-/m1/s1. The van der Waals surface area contributed by atoms with Crippen LogP contribution in [0, 0.1) is 13.8 Å². The van der Waals surface area contributed by atoms with E-state index in [1.807, 2.05) is 20.8 Å². The van der Waals surface area contributed by atoms with Crippen molar-refractivity contribution >= 4 is 6.03 Å². The molecule has 0 saturated carbocycles. The third kappa shape index (κ3) is 3.23. The number of hydrogen-bond acceptors (Lipinski definition) is 4. The fourth-order valence-electron chi connectivity index (χ4n) is 1.50. The highest BCUT2D eigenvalue weighted by atomic mass is 16.6. The first-order valence-corrected chi connectivity index (χ1v) is 5.05. The Hall–Kier alpha value is -1.56. The second-order valence-electron chi connectivity index (χ2n) is 3.69. The minimum absolute atomic E-state index is 0.0213. The number of aryl methyl sites for hydroxylation is 2. The summed E-state index contributed by atoms with van der Waals surface area (Å²) < 4.78 is 5.05. The lowest BCUT2D eigenvalue weighted by Crippen LogP contribution is -2.41. The molecule has 6 nitrogen and oxygen atoms in total. The van der Waals surface area contributed by atoms with E-state index in [-0.39, 0.29) is 12.1 Å². The van der Waals surface area contributed by atoms with Crippen molar-refractivity contribution in [2.45, 2.75) is 33.2 Å². The number of nitrogens with zero attached hydrogens (tertiary/aromatic N) is 1. The van der Waals surface area contributed by atoms with Crippen molar-refractivity contribution in [1.29, 1.82) is 0 Å². The summed E-state index contributed by atoms with van der Waals surface area (Å²) in [6.45, 7) is 5.65. The van der Waals surface area contributed by atoms with E-state index < -0.39 is 0 Å². The molecule has 0 saturated heterocycles. The molecule has 1 aromatic heterocycles. The van der Waals surface area contributed by atoms with Gasteiger partial charge in [-0.15, -0.1) is 0 Å². The molecule has 0 aliphatic heterocycles. The van der Waals surface area contributed by atoms with E-state index >= 15 is 0 Å². The fourth-order valence-corrected chi connectivity index (χ4v) is 1.50. The summed E-state index contributed by atoms with van der Waals surface area (Å²) in [6, 6.07) is -0.381. The van der Waals surface area contributed by atoms with Crippen molar-refractivity contribution < 1.29 is 14.2 Å². The van der Waals surface area contributed by atoms with Gasteiger partial charge in [-0.3, -0.25) is 4.84 Å². The molecule has 1 atom stereocenters. The van der Waals surface area contributed by atoms with Crippen molar-refractivity contribution in [1.82, 2.24) is 16.0 Å². The molecule has 0 aromatic carbocycles. The van der Waals surface area contributed by atoms with Crippen LogP contribution < -0.4 is 10.8 Å². The maximum Gasteiger partial charge on any atom is 0.338 e. The summed E-state index contributed by atoms with van der Waals surface area (Å²) in [6.07, 6.45) is 0.679. The number of aromatic nitrogens is 1. The van der Waals surface area contributed by atoms with Crippen LogP contribution in [0.15, 0.2) is 4.52 Å². The number of carbonyl (C=O) groups is 1. The predicted molar refractivity (Wildman–Crippen MR) is 57.8 cm³/mol. The first-order valence-electron chi connectivity index (χ1n) is 5.05. The SMILES string of the molecule is CONC(=O)N[C@H](C)Cc1c(C)noc1C. The maximum absolute atomic E-state index is 11.2. The second-order valence-corrected chi connectivity index (χ2v) is 3.69. The van der Waals surface area contributed by atoms with Crippen LogP contribution in [-0.4, -0.2) is 24.3 Å². The summed E-state index contributed by atoms with van der Waals surface area (Å²) in [4.78, 5) is 15.7. The third-order valence-electron chi connectivity index (χ3n) is 2.26. The van der Waals surface area contributed by atoms with Gasteiger partial charge >= 0.3 is 6.03 Å². The number of hydrogen-bond donors (Lipinski definition) is 2. The molecule has 1 rings (SSSR count). The second kappa shape index (κ2) is 5.50. The molecular formula is C10H17N3O3. The predicted octanol–water partition coefficient (Wildman–Crippen LogP) is 1.08. The Bertz CT molecular complexity index is 343. The van der Waals surface area contributed by atoms with E-state index in [1.165, 1.54) is 7.11 Å². The Morgan fingerprint density at radius 2 is 2.25 bits per heavy atom. The molecule has 0 unspecified atom stereocenters. The smallest absolute Gasteiger partial charge is 0.338 e. The average molecular weight is 227 g/mol. The van der Waals surface area contributed by atoms with E-state index in [4.69, 9.17) is 4.52 Å². The average Bonchev–Trinajstić information content (AvgIpc) is 2.49. The van der Waals surface area contributed by atoms with Crippen molar-refractivity contribution in [3.05, 3.63) is 17.0 Å². The molecule has 1 heterocycles. The molecule has 0 fully saturated rings. The zero-order chi connectivity index (χ0) is 12.1. The minimum Gasteiger partial charge on any atom is -0.361 e. The largest absolute Gasteiger partial charge is 0.361 e. The maximum atomic E-state index is 11.2. The Morgan fingerprint density at radius 3 is 2.75 bits per heavy atom. The Labute approximate surface area is 94.3 Å². The lowest BCUT2D eigenvalue weighted by atomic mass is 10.1. The fraction of sp³-hybridized carbons (Fsp3) is 0.600. The Kier molecular flexibility index (Phi) is 4.30. The summed E-state index contributed by atoms with van der Waals surface area (Å²) in [5.74, 6) is 0.790. The van der Waals surface area contributed by atoms with Gasteiger partial charge in [-0.05, 0) is 27.2 Å². The third-order valence-corrected chi connectivity index (χ3v) is 2.26. The van der Waals surface area contributed by atoms with Crippen LogP contribution in [0.25, 0.3) is 0 Å². The van der Waals surface area contributed by atoms with Gasteiger partial charge in [-0.1, -0.05) is 5.16 Å². The number of nitrogens with one attached hydrogen (secondary N) is 2. The molecule has 0 bridgehead atoms. The van der Waals surface area contributed by atoms with E-state index in [0.717, 1.165) is 17.0 Å². The highest BCUT2D eigenvalue weighted by molar-refractivity contribution is 5.72. The molecule has 16 heavy (non-hydrogen) atoms. The van der Waals surface area contributed by atoms with Gasteiger partial charge in [0, 0.05) is 11.6 Å². The van der Waals surface area contributed by atoms with E-state index in [0.29, 0.717) is 6.42 Å². The molecule has 0 radical (unpaired) electrons. The minimum atomic E-state index is -0.359. The topological polar surface area (TPSA) is 76.4 Å². The molecule has 0 aliphatic rings. The van der Waals surface area contributed by atoms with Gasteiger partial charge < -0.3 is 9.84 Å². The molecule has 1 aromatic rings. The molecule has 6 heteroatoms. The van der Waals surface area contributed by atoms with Crippen LogP contribution in [-0.2, 0) is 11.3 Å². The highest BCUT2D eigenvalue weighted by Crippen LogP contribution is 2.14. The number of urea groups is 1. The molecular weight excluding hydrogens is 210 g/mol. The van der Waals surface area contributed by atoms with Crippen LogP contribution in [0.1, 0.15) is 23.9 Å². The van der Waals surface area contributed by atoms with Gasteiger partial charge in [0.15, 0.2) is 0 Å². The van der Waals surface area contributed by atoms with Crippen LogP contribution in [0.3, 0.4) is 0 Å². The quantitative estimate of drug-likeness (QED) is 0.755. The lowest BCUT2D eigenvalue weighted by molar-refractivity contribution is 0.106. The highest BCUT2D eigenvalue weighted by Gasteiger charge is 2.14. The van der Waals surface area contributed by atoms with E-state index in [9.17, 15) is 4.79 Å². The van der Waals surface area contributed by atoms with Gasteiger partial charge in [0.25, 0.3) is 0 Å². The van der Waals surface area contributed by atoms with Crippen LogP contribution >= 0.6 is 0 Å². The number of carbonyl (C=O) groups excluding carboxylic acids is 1. The normalized spacial score (nSPS) is 12.2. The Balaban J connectivity index is 2.51. The summed E-state index contributed by atoms with van der Waals surface area (Å²) in [5.41, 5.74) is 4.09. The van der Waals surface area contributed by atoms with Crippen molar-refractivity contribution in [3.63, 3.8) is 0 Å². The Morgan fingerprint density at radius 1 is 1.56 bits per heavy atom. The first-order chi connectivity index (χ1) is 7.54. The zero-order valence-electron chi connectivity index (χ0n) is 9.96. The van der Waals surface area contributed by atoms with Crippen LogP contribution in [0.4, 0.5) is 4.79 Å². The van der Waals surface area contributed by atoms with Crippen molar-refractivity contribution in [2.75, 3.05) is 7.11 Å². The molecule has 2 N–H and O–H groups in total. The molecule has 0 aliphatic carbocycles. The van der Waals surface area contributed by atoms with Gasteiger partial charge in [0.05, 0.1) is 12.8 Å². The van der Waals surface area contributed by atoms with E-state index in [1.54, 1.807) is 0 Å². The zero-order valence-corrected chi connectivity index (χ0v) is 9.96. The monoisotopic (exact) mass is 227 g/mol. The summed E-state index contributed by atoms with van der Waals surface area (Å²) in [5, 5.41) is 6.59. The lowest BCUT2D eigenvalue weighted by Gasteiger charge is -2.13.